The van der Waals surface area contributed by atoms with Crippen molar-refractivity contribution in [2.75, 3.05) is 6.61 Å². The Balaban J connectivity index is 2.22. The number of aliphatic carboxylic acids is 1. The van der Waals surface area contributed by atoms with Gasteiger partial charge in [-0.25, -0.2) is 0 Å². The first-order valence-corrected chi connectivity index (χ1v) is 5.53. The van der Waals surface area contributed by atoms with Gasteiger partial charge in [0.25, 0.3) is 0 Å². The molecule has 0 radical (unpaired) electrons. The van der Waals surface area contributed by atoms with Crippen LogP contribution < -0.4 is 0 Å². The summed E-state index contributed by atoms with van der Waals surface area (Å²) in [6.45, 7) is 0.00944. The second kappa shape index (κ2) is 3.54. The van der Waals surface area contributed by atoms with Gasteiger partial charge in [-0.15, -0.1) is 0 Å². The highest BCUT2D eigenvalue weighted by Crippen LogP contribution is 2.54. The number of carboxylic acids is 1. The van der Waals surface area contributed by atoms with Crippen molar-refractivity contribution in [3.63, 3.8) is 0 Å². The maximum atomic E-state index is 11.3. The van der Waals surface area contributed by atoms with Crippen LogP contribution >= 0.6 is 0 Å². The van der Waals surface area contributed by atoms with Crippen LogP contribution in [0.2, 0.25) is 0 Å². The van der Waals surface area contributed by atoms with E-state index in [1.807, 2.05) is 0 Å². The van der Waals surface area contributed by atoms with Crippen LogP contribution in [0.25, 0.3) is 0 Å². The van der Waals surface area contributed by atoms with Crippen molar-refractivity contribution >= 4 is 5.97 Å². The molecule has 0 heterocycles. The molecule has 14 heavy (non-hydrogen) atoms. The third-order valence-corrected chi connectivity index (χ3v) is 4.26. The van der Waals surface area contributed by atoms with E-state index in [-0.39, 0.29) is 6.61 Å². The molecule has 1 unspecified atom stereocenters. The Morgan fingerprint density at radius 3 is 2.29 bits per heavy atom. The van der Waals surface area contributed by atoms with Crippen molar-refractivity contribution in [3.05, 3.63) is 0 Å². The van der Waals surface area contributed by atoms with E-state index in [0.29, 0.717) is 18.3 Å². The molecular formula is C11H18O3. The molecule has 2 bridgehead atoms. The molecule has 0 aliphatic heterocycles. The van der Waals surface area contributed by atoms with Gasteiger partial charge in [0.15, 0.2) is 0 Å². The largest absolute Gasteiger partial charge is 0.481 e. The predicted octanol–water partition coefficient (Wildman–Crippen LogP) is 1.65. The van der Waals surface area contributed by atoms with Gasteiger partial charge in [-0.3, -0.25) is 4.79 Å². The second-order valence-corrected chi connectivity index (χ2v) is 4.86. The van der Waals surface area contributed by atoms with Crippen LogP contribution in [0.5, 0.6) is 0 Å². The van der Waals surface area contributed by atoms with E-state index in [1.54, 1.807) is 0 Å². The Labute approximate surface area is 84.1 Å². The summed E-state index contributed by atoms with van der Waals surface area (Å²) in [6.07, 6.45) is 5.75. The molecule has 3 aliphatic carbocycles. The molecule has 0 amide bonds. The molecule has 3 saturated carbocycles. The number of aliphatic hydroxyl groups excluding tert-OH is 1. The van der Waals surface area contributed by atoms with Crippen molar-refractivity contribution in [2.24, 2.45) is 17.3 Å². The fourth-order valence-electron chi connectivity index (χ4n) is 3.48. The van der Waals surface area contributed by atoms with Gasteiger partial charge in [-0.2, -0.15) is 0 Å². The molecule has 3 fully saturated rings. The van der Waals surface area contributed by atoms with Crippen LogP contribution in [-0.4, -0.2) is 22.8 Å². The van der Waals surface area contributed by atoms with E-state index in [2.05, 4.69) is 0 Å². The van der Waals surface area contributed by atoms with Gasteiger partial charge in [0.05, 0.1) is 5.41 Å². The molecule has 0 spiro atoms. The summed E-state index contributed by atoms with van der Waals surface area (Å²) >= 11 is 0. The molecular weight excluding hydrogens is 180 g/mol. The molecule has 0 aromatic rings. The van der Waals surface area contributed by atoms with Crippen molar-refractivity contribution in [1.29, 1.82) is 0 Å². The molecule has 80 valence electrons. The lowest BCUT2D eigenvalue weighted by Crippen LogP contribution is -2.47. The van der Waals surface area contributed by atoms with E-state index in [1.165, 1.54) is 12.8 Å². The van der Waals surface area contributed by atoms with Crippen molar-refractivity contribution < 1.29 is 15.0 Å². The maximum Gasteiger partial charge on any atom is 0.310 e. The number of carbonyl (C=O) groups is 1. The minimum absolute atomic E-state index is 0.00944. The fourth-order valence-corrected chi connectivity index (χ4v) is 3.48. The minimum atomic E-state index is -0.680. The molecule has 1 atom stereocenters. The zero-order valence-electron chi connectivity index (χ0n) is 8.41. The number of rotatable bonds is 3. The lowest BCUT2D eigenvalue weighted by Gasteiger charge is -2.49. The van der Waals surface area contributed by atoms with Gasteiger partial charge in [0.2, 0.25) is 0 Å². The van der Waals surface area contributed by atoms with E-state index < -0.39 is 11.4 Å². The average Bonchev–Trinajstić information content (AvgIpc) is 2.19. The lowest BCUT2D eigenvalue weighted by atomic mass is 9.55. The van der Waals surface area contributed by atoms with Gasteiger partial charge in [0.1, 0.15) is 0 Å². The van der Waals surface area contributed by atoms with Gasteiger partial charge in [-0.05, 0) is 37.5 Å². The Bertz CT molecular complexity index is 231. The van der Waals surface area contributed by atoms with Crippen LogP contribution in [0.4, 0.5) is 0 Å². The third kappa shape index (κ3) is 1.34. The summed E-state index contributed by atoms with van der Waals surface area (Å²) in [5.41, 5.74) is -0.587. The van der Waals surface area contributed by atoms with Gasteiger partial charge in [-0.1, -0.05) is 12.8 Å². The number of hydrogen-bond donors (Lipinski definition) is 2. The van der Waals surface area contributed by atoms with E-state index in [9.17, 15) is 9.90 Å². The van der Waals surface area contributed by atoms with Gasteiger partial charge < -0.3 is 10.2 Å². The first kappa shape index (κ1) is 9.97. The molecule has 3 heteroatoms. The number of hydrogen-bond acceptors (Lipinski definition) is 2. The van der Waals surface area contributed by atoms with Crippen LogP contribution in [0.3, 0.4) is 0 Å². The quantitative estimate of drug-likeness (QED) is 0.725. The summed E-state index contributed by atoms with van der Waals surface area (Å²) in [7, 11) is 0. The zero-order chi connectivity index (χ0) is 10.2. The molecule has 0 aromatic heterocycles. The highest BCUT2D eigenvalue weighted by atomic mass is 16.4. The Morgan fingerprint density at radius 2 is 1.93 bits per heavy atom. The van der Waals surface area contributed by atoms with Gasteiger partial charge >= 0.3 is 5.97 Å². The van der Waals surface area contributed by atoms with Gasteiger partial charge in [0, 0.05) is 6.61 Å². The highest BCUT2D eigenvalue weighted by molar-refractivity contribution is 5.75. The Morgan fingerprint density at radius 1 is 1.29 bits per heavy atom. The van der Waals surface area contributed by atoms with Crippen LogP contribution in [0, 0.1) is 17.3 Å². The van der Waals surface area contributed by atoms with Crippen molar-refractivity contribution in [2.45, 2.75) is 38.5 Å². The van der Waals surface area contributed by atoms with E-state index in [0.717, 1.165) is 19.3 Å². The smallest absolute Gasteiger partial charge is 0.310 e. The third-order valence-electron chi connectivity index (χ3n) is 4.26. The molecule has 0 aromatic carbocycles. The molecule has 3 nitrogen and oxygen atoms in total. The Kier molecular flexibility index (Phi) is 2.52. The zero-order valence-corrected chi connectivity index (χ0v) is 8.41. The summed E-state index contributed by atoms with van der Waals surface area (Å²) in [5, 5.41) is 18.3. The van der Waals surface area contributed by atoms with E-state index >= 15 is 0 Å². The van der Waals surface area contributed by atoms with Crippen LogP contribution in [0.1, 0.15) is 38.5 Å². The standard InChI is InChI=1S/C11H18O3/c12-6-5-11(10(13)14)7-8-1-3-9(11)4-2-8/h8-9,12H,1-7H2,(H,13,14). The molecule has 2 N–H and O–H groups in total. The molecule has 3 aliphatic rings. The van der Waals surface area contributed by atoms with E-state index in [4.69, 9.17) is 5.11 Å². The summed E-state index contributed by atoms with van der Waals surface area (Å²) in [6, 6.07) is 0. The first-order valence-electron chi connectivity index (χ1n) is 5.53. The number of fused-ring (bicyclic) bond motifs is 3. The molecule has 0 saturated heterocycles. The highest BCUT2D eigenvalue weighted by Gasteiger charge is 2.51. The second-order valence-electron chi connectivity index (χ2n) is 4.86. The monoisotopic (exact) mass is 198 g/mol. The lowest BCUT2D eigenvalue weighted by molar-refractivity contribution is -0.162. The summed E-state index contributed by atoms with van der Waals surface area (Å²) < 4.78 is 0. The predicted molar refractivity (Wildman–Crippen MR) is 51.8 cm³/mol. The Hall–Kier alpha value is -0.570. The summed E-state index contributed by atoms with van der Waals surface area (Å²) in [5.74, 6) is 0.237. The topological polar surface area (TPSA) is 57.5 Å². The minimum Gasteiger partial charge on any atom is -0.481 e. The normalized spacial score (nSPS) is 41.2. The van der Waals surface area contributed by atoms with Crippen LogP contribution in [0.15, 0.2) is 0 Å². The van der Waals surface area contributed by atoms with Crippen molar-refractivity contribution in [1.82, 2.24) is 0 Å². The average molecular weight is 198 g/mol. The summed E-state index contributed by atoms with van der Waals surface area (Å²) in [4.78, 5) is 11.3. The number of carboxylic acid groups (broad SMARTS) is 1. The van der Waals surface area contributed by atoms with Crippen LogP contribution in [-0.2, 0) is 4.79 Å². The fraction of sp³-hybridized carbons (Fsp3) is 0.909. The first-order chi connectivity index (χ1) is 6.69. The van der Waals surface area contributed by atoms with Crippen molar-refractivity contribution in [3.8, 4) is 0 Å². The SMILES string of the molecule is O=C(O)C1(CCO)CC2CCC1CC2. The maximum absolute atomic E-state index is 11.3. The molecule has 3 rings (SSSR count). The number of aliphatic hydroxyl groups is 1.